The third kappa shape index (κ3) is 4.49. The topological polar surface area (TPSA) is 75.5 Å². The number of aryl methyl sites for hydroxylation is 1. The van der Waals surface area contributed by atoms with Crippen LogP contribution in [0.3, 0.4) is 0 Å². The zero-order valence-electron chi connectivity index (χ0n) is 21.2. The van der Waals surface area contributed by atoms with Gasteiger partial charge in [0.25, 0.3) is 0 Å². The lowest BCUT2D eigenvalue weighted by Gasteiger charge is -2.31. The summed E-state index contributed by atoms with van der Waals surface area (Å²) in [6, 6.07) is 16.3. The van der Waals surface area contributed by atoms with Crippen LogP contribution in [0.2, 0.25) is 0 Å². The molecular weight excluding hydrogens is 516 g/mol. The third-order valence-corrected chi connectivity index (χ3v) is 8.39. The van der Waals surface area contributed by atoms with Crippen LogP contribution in [0.25, 0.3) is 38.1 Å². The predicted octanol–water partition coefficient (Wildman–Crippen LogP) is 6.39. The second-order valence-corrected chi connectivity index (χ2v) is 11.3. The van der Waals surface area contributed by atoms with E-state index in [2.05, 4.69) is 48.6 Å². The second-order valence-electron chi connectivity index (χ2n) is 10.1. The first-order valence-corrected chi connectivity index (χ1v) is 13.8. The number of hydrogen-bond acceptors (Lipinski definition) is 6. The molecule has 0 spiro atoms. The number of fused-ring (bicyclic) bond motifs is 2. The van der Waals surface area contributed by atoms with Gasteiger partial charge < -0.3 is 0 Å². The van der Waals surface area contributed by atoms with Gasteiger partial charge in [0, 0.05) is 35.5 Å². The molecule has 1 fully saturated rings. The molecule has 39 heavy (non-hydrogen) atoms. The first-order chi connectivity index (χ1) is 19.0. The number of benzene rings is 3. The Balaban J connectivity index is 1.14. The first kappa shape index (κ1) is 24.1. The highest BCUT2D eigenvalue weighted by Gasteiger charge is 2.25. The van der Waals surface area contributed by atoms with Crippen LogP contribution < -0.4 is 0 Å². The minimum Gasteiger partial charge on any atom is -0.298 e. The Kier molecular flexibility index (Phi) is 5.93. The lowest BCUT2D eigenvalue weighted by molar-refractivity contribution is 0.194. The van der Waals surface area contributed by atoms with Crippen molar-refractivity contribution in [2.24, 2.45) is 0 Å². The number of piperidine rings is 1. The summed E-state index contributed by atoms with van der Waals surface area (Å²) in [4.78, 5) is 6.66. The number of aromatic nitrogens is 6. The van der Waals surface area contributed by atoms with Crippen LogP contribution in [0.1, 0.15) is 35.0 Å². The SMILES string of the molecule is Cc1nc2ccc(-c3n[nH]c4ccc(-n5cc([C@@H]6CCCN(Cc7c(F)cccc7F)C6)nn5)cc34)cc2s1. The molecule has 7 rings (SSSR count). The Morgan fingerprint density at radius 1 is 1.08 bits per heavy atom. The highest BCUT2D eigenvalue weighted by molar-refractivity contribution is 7.18. The minimum atomic E-state index is -0.501. The maximum absolute atomic E-state index is 14.2. The van der Waals surface area contributed by atoms with Crippen LogP contribution in [-0.2, 0) is 6.54 Å². The van der Waals surface area contributed by atoms with Gasteiger partial charge in [-0.1, -0.05) is 17.3 Å². The van der Waals surface area contributed by atoms with E-state index in [0.717, 1.165) is 68.2 Å². The van der Waals surface area contributed by atoms with Crippen molar-refractivity contribution < 1.29 is 8.78 Å². The Morgan fingerprint density at radius 3 is 2.82 bits per heavy atom. The summed E-state index contributed by atoms with van der Waals surface area (Å²) in [5.74, 6) is -0.858. The van der Waals surface area contributed by atoms with Gasteiger partial charge >= 0.3 is 0 Å². The van der Waals surface area contributed by atoms with Gasteiger partial charge in [-0.05, 0) is 68.8 Å². The molecule has 0 saturated carbocycles. The quantitative estimate of drug-likeness (QED) is 0.274. The molecule has 196 valence electrons. The molecule has 6 aromatic rings. The van der Waals surface area contributed by atoms with E-state index in [4.69, 9.17) is 0 Å². The van der Waals surface area contributed by atoms with E-state index < -0.39 is 11.6 Å². The van der Waals surface area contributed by atoms with Crippen LogP contribution in [-0.4, -0.2) is 48.2 Å². The van der Waals surface area contributed by atoms with Gasteiger partial charge in [0.05, 0.1) is 38.3 Å². The van der Waals surface area contributed by atoms with Crippen molar-refractivity contribution in [1.82, 2.24) is 35.1 Å². The summed E-state index contributed by atoms with van der Waals surface area (Å²) >= 11 is 1.67. The van der Waals surface area contributed by atoms with E-state index in [0.29, 0.717) is 6.54 Å². The van der Waals surface area contributed by atoms with Gasteiger partial charge in [-0.25, -0.2) is 18.4 Å². The maximum Gasteiger partial charge on any atom is 0.130 e. The standard InChI is InChI=1S/C29H25F2N7S/c1-17-32-26-9-7-18(12-28(26)39-17)29-21-13-20(8-10-25(21)33-35-29)38-16-27(34-36-38)19-4-3-11-37(14-19)15-22-23(30)5-2-6-24(22)31/h2,5-10,12-13,16,19H,3-4,11,14-15H2,1H3,(H,33,35)/t19-/m1/s1. The number of nitrogens with zero attached hydrogens (tertiary/aromatic N) is 6. The van der Waals surface area contributed by atoms with Crippen LogP contribution >= 0.6 is 11.3 Å². The molecule has 0 amide bonds. The molecule has 3 aromatic heterocycles. The molecule has 1 aliphatic rings. The van der Waals surface area contributed by atoms with Gasteiger partial charge in [-0.2, -0.15) is 5.10 Å². The Labute approximate surface area is 227 Å². The summed E-state index contributed by atoms with van der Waals surface area (Å²) in [7, 11) is 0. The summed E-state index contributed by atoms with van der Waals surface area (Å²) in [6.45, 7) is 3.73. The Morgan fingerprint density at radius 2 is 1.95 bits per heavy atom. The fraction of sp³-hybridized carbons (Fsp3) is 0.241. The Hall–Kier alpha value is -4.02. The van der Waals surface area contributed by atoms with Crippen molar-refractivity contribution in [3.63, 3.8) is 0 Å². The lowest BCUT2D eigenvalue weighted by Crippen LogP contribution is -2.34. The van der Waals surface area contributed by atoms with Crippen molar-refractivity contribution in [3.8, 4) is 16.9 Å². The number of thiazole rings is 1. The normalized spacial score (nSPS) is 16.4. The number of rotatable bonds is 5. The molecule has 1 atom stereocenters. The highest BCUT2D eigenvalue weighted by atomic mass is 32.1. The number of likely N-dealkylation sites (tertiary alicyclic amines) is 1. The number of H-pyrrole nitrogens is 1. The maximum atomic E-state index is 14.2. The fourth-order valence-corrected chi connectivity index (χ4v) is 6.36. The second kappa shape index (κ2) is 9.62. The molecule has 4 heterocycles. The zero-order valence-corrected chi connectivity index (χ0v) is 22.1. The van der Waals surface area contributed by atoms with Crippen LogP contribution in [0, 0.1) is 18.6 Å². The molecule has 1 aliphatic heterocycles. The van der Waals surface area contributed by atoms with E-state index in [-0.39, 0.29) is 18.0 Å². The summed E-state index contributed by atoms with van der Waals surface area (Å²) < 4.78 is 31.3. The summed E-state index contributed by atoms with van der Waals surface area (Å²) in [5, 5.41) is 18.7. The van der Waals surface area contributed by atoms with E-state index in [1.165, 1.54) is 18.2 Å². The van der Waals surface area contributed by atoms with Gasteiger partial charge in [-0.15, -0.1) is 16.4 Å². The van der Waals surface area contributed by atoms with Gasteiger partial charge in [0.15, 0.2) is 0 Å². The molecule has 0 unspecified atom stereocenters. The molecular formula is C29H25F2N7S. The van der Waals surface area contributed by atoms with Gasteiger partial charge in [0.2, 0.25) is 0 Å². The fourth-order valence-electron chi connectivity index (χ4n) is 5.49. The van der Waals surface area contributed by atoms with Crippen molar-refractivity contribution >= 4 is 32.5 Å². The van der Waals surface area contributed by atoms with Crippen molar-refractivity contribution in [2.45, 2.75) is 32.2 Å². The number of nitrogens with one attached hydrogen (secondary N) is 1. The first-order valence-electron chi connectivity index (χ1n) is 13.0. The largest absolute Gasteiger partial charge is 0.298 e. The number of hydrogen-bond donors (Lipinski definition) is 1. The van der Waals surface area contributed by atoms with E-state index in [9.17, 15) is 8.78 Å². The van der Waals surface area contributed by atoms with Crippen molar-refractivity contribution in [2.75, 3.05) is 13.1 Å². The molecule has 0 bridgehead atoms. The van der Waals surface area contributed by atoms with E-state index >= 15 is 0 Å². The van der Waals surface area contributed by atoms with Crippen LogP contribution in [0.5, 0.6) is 0 Å². The summed E-state index contributed by atoms with van der Waals surface area (Å²) in [5.41, 5.74) is 5.74. The molecule has 1 saturated heterocycles. The molecule has 10 heteroatoms. The molecule has 0 aliphatic carbocycles. The number of halogens is 2. The van der Waals surface area contributed by atoms with E-state index in [1.54, 1.807) is 16.0 Å². The average Bonchev–Trinajstić information content (AvgIpc) is 3.68. The van der Waals surface area contributed by atoms with Crippen molar-refractivity contribution in [1.29, 1.82) is 0 Å². The van der Waals surface area contributed by atoms with Gasteiger partial charge in [-0.3, -0.25) is 10.00 Å². The van der Waals surface area contributed by atoms with Crippen LogP contribution in [0.15, 0.2) is 60.8 Å². The third-order valence-electron chi connectivity index (χ3n) is 7.46. The average molecular weight is 542 g/mol. The smallest absolute Gasteiger partial charge is 0.130 e. The zero-order chi connectivity index (χ0) is 26.5. The molecule has 3 aromatic carbocycles. The minimum absolute atomic E-state index is 0.121. The number of aromatic amines is 1. The summed E-state index contributed by atoms with van der Waals surface area (Å²) in [6.07, 6.45) is 3.85. The lowest BCUT2D eigenvalue weighted by atomic mass is 9.95. The molecule has 7 nitrogen and oxygen atoms in total. The predicted molar refractivity (Wildman–Crippen MR) is 148 cm³/mol. The Bertz CT molecular complexity index is 1800. The molecule has 1 N–H and O–H groups in total. The highest BCUT2D eigenvalue weighted by Crippen LogP contribution is 2.33. The molecule has 0 radical (unpaired) electrons. The monoisotopic (exact) mass is 541 g/mol. The van der Waals surface area contributed by atoms with Crippen LogP contribution in [0.4, 0.5) is 8.78 Å². The van der Waals surface area contributed by atoms with Crippen molar-refractivity contribution in [3.05, 3.63) is 88.7 Å². The van der Waals surface area contributed by atoms with E-state index in [1.807, 2.05) is 31.3 Å². The van der Waals surface area contributed by atoms with Gasteiger partial charge in [0.1, 0.15) is 17.3 Å².